The first-order valence-electron chi connectivity index (χ1n) is 6.87. The molecule has 18 heavy (non-hydrogen) atoms. The number of hydrogen-bond donors (Lipinski definition) is 2. The van der Waals surface area contributed by atoms with Crippen molar-refractivity contribution in [2.45, 2.75) is 45.1 Å². The van der Waals surface area contributed by atoms with Crippen LogP contribution >= 0.6 is 0 Å². The lowest BCUT2D eigenvalue weighted by Crippen LogP contribution is -2.35. The average molecular weight is 247 g/mol. The Morgan fingerprint density at radius 2 is 2.11 bits per heavy atom. The Hall–Kier alpha value is -1.36. The lowest BCUT2D eigenvalue weighted by atomic mass is 9.85. The Kier molecular flexibility index (Phi) is 3.07. The molecule has 5 nitrogen and oxygen atoms in total. The highest BCUT2D eigenvalue weighted by Crippen LogP contribution is 2.38. The fourth-order valence-electron chi connectivity index (χ4n) is 3.46. The largest absolute Gasteiger partial charge is 0.353 e. The van der Waals surface area contributed by atoms with Gasteiger partial charge in [-0.15, -0.1) is 0 Å². The first-order valence-corrected chi connectivity index (χ1v) is 6.87. The number of hydrazine groups is 1. The zero-order chi connectivity index (χ0) is 12.5. The standard InChI is InChI=1S/C13H21N5/c1-9-15-12(17-14)8-13(16-9)18-7-6-10-4-2-3-5-11(10)18/h8,10-11H,2-7,14H2,1H3,(H,15,16,17). The van der Waals surface area contributed by atoms with Crippen molar-refractivity contribution >= 4 is 11.6 Å². The van der Waals surface area contributed by atoms with E-state index in [1.54, 1.807) is 0 Å². The minimum Gasteiger partial charge on any atom is -0.353 e. The van der Waals surface area contributed by atoms with Gasteiger partial charge >= 0.3 is 0 Å². The van der Waals surface area contributed by atoms with Crippen LogP contribution in [0.3, 0.4) is 0 Å². The van der Waals surface area contributed by atoms with E-state index in [0.717, 1.165) is 24.1 Å². The summed E-state index contributed by atoms with van der Waals surface area (Å²) in [4.78, 5) is 11.3. The molecule has 0 bridgehead atoms. The molecule has 2 fully saturated rings. The Balaban J connectivity index is 1.88. The molecule has 98 valence electrons. The highest BCUT2D eigenvalue weighted by Gasteiger charge is 2.36. The second kappa shape index (κ2) is 4.72. The summed E-state index contributed by atoms with van der Waals surface area (Å²) < 4.78 is 0. The number of aromatic nitrogens is 2. The van der Waals surface area contributed by atoms with Gasteiger partial charge in [-0.05, 0) is 32.1 Å². The quantitative estimate of drug-likeness (QED) is 0.616. The Morgan fingerprint density at radius 1 is 1.28 bits per heavy atom. The molecule has 3 N–H and O–H groups in total. The van der Waals surface area contributed by atoms with Gasteiger partial charge in [0.05, 0.1) is 0 Å². The summed E-state index contributed by atoms with van der Waals surface area (Å²) >= 11 is 0. The molecule has 1 aromatic heterocycles. The monoisotopic (exact) mass is 247 g/mol. The number of aryl methyl sites for hydroxylation is 1. The molecule has 3 rings (SSSR count). The highest BCUT2D eigenvalue weighted by atomic mass is 15.3. The van der Waals surface area contributed by atoms with Crippen LogP contribution in [0.5, 0.6) is 0 Å². The van der Waals surface area contributed by atoms with Crippen molar-refractivity contribution < 1.29 is 0 Å². The second-order valence-electron chi connectivity index (χ2n) is 5.40. The van der Waals surface area contributed by atoms with Crippen LogP contribution < -0.4 is 16.2 Å². The van der Waals surface area contributed by atoms with E-state index in [-0.39, 0.29) is 0 Å². The van der Waals surface area contributed by atoms with E-state index in [9.17, 15) is 0 Å². The molecule has 2 heterocycles. The number of rotatable bonds is 2. The number of nitrogens with zero attached hydrogens (tertiary/aromatic N) is 3. The van der Waals surface area contributed by atoms with Gasteiger partial charge in [0.15, 0.2) is 0 Å². The van der Waals surface area contributed by atoms with E-state index >= 15 is 0 Å². The van der Waals surface area contributed by atoms with Crippen molar-refractivity contribution in [2.24, 2.45) is 11.8 Å². The zero-order valence-corrected chi connectivity index (χ0v) is 10.9. The Bertz CT molecular complexity index is 433. The molecule has 1 aliphatic carbocycles. The van der Waals surface area contributed by atoms with E-state index in [1.807, 2.05) is 13.0 Å². The van der Waals surface area contributed by atoms with Crippen molar-refractivity contribution in [3.05, 3.63) is 11.9 Å². The van der Waals surface area contributed by atoms with Gasteiger partial charge in [-0.2, -0.15) is 0 Å². The van der Waals surface area contributed by atoms with Crippen molar-refractivity contribution in [1.82, 2.24) is 9.97 Å². The third-order valence-electron chi connectivity index (χ3n) is 4.28. The van der Waals surface area contributed by atoms with Gasteiger partial charge < -0.3 is 10.3 Å². The van der Waals surface area contributed by atoms with Crippen LogP contribution in [0.25, 0.3) is 0 Å². The maximum absolute atomic E-state index is 5.46. The molecule has 2 unspecified atom stereocenters. The maximum atomic E-state index is 5.46. The third-order valence-corrected chi connectivity index (χ3v) is 4.28. The van der Waals surface area contributed by atoms with Crippen LogP contribution in [-0.2, 0) is 0 Å². The SMILES string of the molecule is Cc1nc(NN)cc(N2CCC3CCCCC32)n1. The molecular weight excluding hydrogens is 226 g/mol. The summed E-state index contributed by atoms with van der Waals surface area (Å²) in [5.41, 5.74) is 2.63. The normalized spacial score (nSPS) is 27.1. The van der Waals surface area contributed by atoms with Crippen LogP contribution in [0, 0.1) is 12.8 Å². The summed E-state index contributed by atoms with van der Waals surface area (Å²) in [5.74, 6) is 8.84. The van der Waals surface area contributed by atoms with Crippen molar-refractivity contribution in [3.63, 3.8) is 0 Å². The number of hydrogen-bond acceptors (Lipinski definition) is 5. The van der Waals surface area contributed by atoms with Crippen molar-refractivity contribution in [3.8, 4) is 0 Å². The average Bonchev–Trinajstić information content (AvgIpc) is 2.81. The van der Waals surface area contributed by atoms with Crippen molar-refractivity contribution in [2.75, 3.05) is 16.9 Å². The van der Waals surface area contributed by atoms with Crippen molar-refractivity contribution in [1.29, 1.82) is 0 Å². The highest BCUT2D eigenvalue weighted by molar-refractivity contribution is 5.50. The molecule has 0 spiro atoms. The molecule has 2 aliphatic rings. The van der Waals surface area contributed by atoms with Gasteiger partial charge in [0.2, 0.25) is 0 Å². The number of nitrogens with two attached hydrogens (primary N) is 1. The molecule has 5 heteroatoms. The number of fused-ring (bicyclic) bond motifs is 1. The lowest BCUT2D eigenvalue weighted by Gasteiger charge is -2.32. The summed E-state index contributed by atoms with van der Waals surface area (Å²) in [6.45, 7) is 3.04. The van der Waals surface area contributed by atoms with E-state index < -0.39 is 0 Å². The van der Waals surface area contributed by atoms with E-state index in [1.165, 1.54) is 32.1 Å². The maximum Gasteiger partial charge on any atom is 0.145 e. The van der Waals surface area contributed by atoms with Gasteiger partial charge in [0, 0.05) is 18.7 Å². The molecule has 2 atom stereocenters. The summed E-state index contributed by atoms with van der Waals surface area (Å²) in [5, 5.41) is 0. The van der Waals surface area contributed by atoms with Crippen LogP contribution in [-0.4, -0.2) is 22.6 Å². The molecular formula is C13H21N5. The fourth-order valence-corrected chi connectivity index (χ4v) is 3.46. The zero-order valence-electron chi connectivity index (χ0n) is 10.9. The third kappa shape index (κ3) is 2.03. The molecule has 1 aromatic rings. The smallest absolute Gasteiger partial charge is 0.145 e. The summed E-state index contributed by atoms with van der Waals surface area (Å²) in [6, 6.07) is 2.64. The minimum atomic E-state index is 0.679. The summed E-state index contributed by atoms with van der Waals surface area (Å²) in [7, 11) is 0. The topological polar surface area (TPSA) is 67.1 Å². The fraction of sp³-hybridized carbons (Fsp3) is 0.692. The predicted molar refractivity (Wildman–Crippen MR) is 72.3 cm³/mol. The van der Waals surface area contributed by atoms with Crippen LogP contribution in [0.2, 0.25) is 0 Å². The second-order valence-corrected chi connectivity index (χ2v) is 5.40. The van der Waals surface area contributed by atoms with E-state index in [4.69, 9.17) is 5.84 Å². The van der Waals surface area contributed by atoms with Crippen LogP contribution in [0.15, 0.2) is 6.07 Å². The van der Waals surface area contributed by atoms with Gasteiger partial charge in [0.25, 0.3) is 0 Å². The minimum absolute atomic E-state index is 0.679. The van der Waals surface area contributed by atoms with Crippen LogP contribution in [0.1, 0.15) is 37.9 Å². The summed E-state index contributed by atoms with van der Waals surface area (Å²) in [6.07, 6.45) is 6.74. The van der Waals surface area contributed by atoms with Crippen LogP contribution in [0.4, 0.5) is 11.6 Å². The number of nitrogens with one attached hydrogen (secondary N) is 1. The first-order chi connectivity index (χ1) is 8.78. The van der Waals surface area contributed by atoms with Gasteiger partial charge in [0.1, 0.15) is 17.5 Å². The molecule has 1 aliphatic heterocycles. The first kappa shape index (κ1) is 11.7. The Labute approximate surface area is 108 Å². The lowest BCUT2D eigenvalue weighted by molar-refractivity contribution is 0.341. The number of nitrogen functional groups attached to an aromatic ring is 1. The number of anilines is 2. The van der Waals surface area contributed by atoms with Gasteiger partial charge in [-0.25, -0.2) is 15.8 Å². The van der Waals surface area contributed by atoms with E-state index in [0.29, 0.717) is 11.9 Å². The molecule has 0 radical (unpaired) electrons. The van der Waals surface area contributed by atoms with Gasteiger partial charge in [-0.3, -0.25) is 0 Å². The molecule has 1 saturated carbocycles. The molecule has 1 saturated heterocycles. The molecule has 0 amide bonds. The molecule has 0 aromatic carbocycles. The van der Waals surface area contributed by atoms with Gasteiger partial charge in [-0.1, -0.05) is 12.8 Å². The Morgan fingerprint density at radius 3 is 2.94 bits per heavy atom. The predicted octanol–water partition coefficient (Wildman–Crippen LogP) is 1.84. The van der Waals surface area contributed by atoms with E-state index in [2.05, 4.69) is 20.3 Å².